The van der Waals surface area contributed by atoms with Crippen LogP contribution in [0.1, 0.15) is 71.6 Å². The quantitative estimate of drug-likeness (QED) is 0.836. The molecule has 0 aliphatic heterocycles. The van der Waals surface area contributed by atoms with E-state index in [1.54, 1.807) is 12.5 Å². The fourth-order valence-electron chi connectivity index (χ4n) is 8.28. The maximum Gasteiger partial charge on any atom is 0.156 e. The lowest BCUT2D eigenvalue weighted by Gasteiger charge is -2.56. The van der Waals surface area contributed by atoms with Gasteiger partial charge in [0, 0.05) is 18.3 Å². The van der Waals surface area contributed by atoms with Crippen molar-refractivity contribution in [2.24, 2.45) is 40.9 Å². The highest BCUT2D eigenvalue weighted by molar-refractivity contribution is 5.82. The number of ketones is 1. The number of carbonyl (C=O) groups is 1. The molecule has 0 spiro atoms. The minimum absolute atomic E-state index is 0.200. The van der Waals surface area contributed by atoms with E-state index in [2.05, 4.69) is 11.9 Å². The van der Waals surface area contributed by atoms with Gasteiger partial charge in [-0.1, -0.05) is 6.92 Å². The molecule has 4 nitrogen and oxygen atoms in total. The first kappa shape index (κ1) is 18.8. The van der Waals surface area contributed by atoms with Gasteiger partial charge >= 0.3 is 0 Å². The van der Waals surface area contributed by atoms with Crippen LogP contribution in [0.5, 0.6) is 0 Å². The van der Waals surface area contributed by atoms with E-state index in [1.807, 2.05) is 17.7 Å². The summed E-state index contributed by atoms with van der Waals surface area (Å²) in [7, 11) is 0. The van der Waals surface area contributed by atoms with E-state index in [1.165, 1.54) is 38.5 Å². The van der Waals surface area contributed by atoms with Gasteiger partial charge in [-0.3, -0.25) is 4.79 Å². The number of aromatic nitrogens is 2. The molecule has 0 amide bonds. The Morgan fingerprint density at radius 3 is 2.68 bits per heavy atom. The number of aliphatic hydroxyl groups is 1. The van der Waals surface area contributed by atoms with Crippen LogP contribution in [0.2, 0.25) is 0 Å². The van der Waals surface area contributed by atoms with Crippen LogP contribution in [0.4, 0.5) is 0 Å². The average Bonchev–Trinajstić information content (AvgIpc) is 3.27. The predicted molar refractivity (Wildman–Crippen MR) is 108 cm³/mol. The second-order valence-corrected chi connectivity index (χ2v) is 11.1. The van der Waals surface area contributed by atoms with Gasteiger partial charge in [-0.2, -0.15) is 0 Å². The molecule has 0 aromatic carbocycles. The fourth-order valence-corrected chi connectivity index (χ4v) is 8.28. The predicted octanol–water partition coefficient (Wildman–Crippen LogP) is 4.47. The third-order valence-corrected chi connectivity index (χ3v) is 9.52. The molecule has 5 rings (SSSR count). The zero-order valence-corrected chi connectivity index (χ0v) is 17.5. The van der Waals surface area contributed by atoms with Crippen LogP contribution >= 0.6 is 0 Å². The average molecular weight is 385 g/mol. The molecule has 0 saturated heterocycles. The van der Waals surface area contributed by atoms with Crippen molar-refractivity contribution in [3.05, 3.63) is 18.7 Å². The highest BCUT2D eigenvalue weighted by atomic mass is 16.3. The smallest absolute Gasteiger partial charge is 0.156 e. The standard InChI is InChI=1S/C24H36N2O2/c1-23(28)9-7-17-16(13-23)3-4-19-18(17)8-10-24(2)20(19)5-6-21(24)22(27)14-26-12-11-25-15-26/h11-12,15-21,28H,3-10,13-14H2,1-2H3/t16-,17+,18-,19-,20+,21-,23+,24+/m1/s1. The number of hydrogen-bond acceptors (Lipinski definition) is 3. The van der Waals surface area contributed by atoms with Crippen LogP contribution in [-0.4, -0.2) is 26.0 Å². The molecule has 0 unspecified atom stereocenters. The van der Waals surface area contributed by atoms with Gasteiger partial charge in [0.05, 0.1) is 18.5 Å². The van der Waals surface area contributed by atoms with Crippen LogP contribution in [0.3, 0.4) is 0 Å². The second-order valence-electron chi connectivity index (χ2n) is 11.1. The van der Waals surface area contributed by atoms with E-state index >= 15 is 0 Å². The zero-order chi connectivity index (χ0) is 19.5. The summed E-state index contributed by atoms with van der Waals surface area (Å²) in [5.74, 6) is 4.59. The third-order valence-electron chi connectivity index (χ3n) is 9.52. The van der Waals surface area contributed by atoms with E-state index in [-0.39, 0.29) is 11.3 Å². The summed E-state index contributed by atoms with van der Waals surface area (Å²) in [4.78, 5) is 17.3. The van der Waals surface area contributed by atoms with E-state index in [0.29, 0.717) is 12.3 Å². The molecule has 1 N–H and O–H groups in total. The van der Waals surface area contributed by atoms with Crippen LogP contribution in [0, 0.1) is 40.9 Å². The summed E-state index contributed by atoms with van der Waals surface area (Å²) >= 11 is 0. The van der Waals surface area contributed by atoms with Crippen LogP contribution in [-0.2, 0) is 11.3 Å². The summed E-state index contributed by atoms with van der Waals surface area (Å²) in [5, 5.41) is 10.6. The molecule has 4 heteroatoms. The van der Waals surface area contributed by atoms with E-state index in [4.69, 9.17) is 0 Å². The van der Waals surface area contributed by atoms with Gasteiger partial charge in [0.1, 0.15) is 0 Å². The molecule has 4 saturated carbocycles. The Hall–Kier alpha value is -1.16. The van der Waals surface area contributed by atoms with Crippen molar-refractivity contribution in [3.63, 3.8) is 0 Å². The topological polar surface area (TPSA) is 55.1 Å². The minimum atomic E-state index is -0.435. The summed E-state index contributed by atoms with van der Waals surface area (Å²) in [6.45, 7) is 4.97. The van der Waals surface area contributed by atoms with Crippen molar-refractivity contribution in [2.45, 2.75) is 83.8 Å². The molecular weight excluding hydrogens is 348 g/mol. The Morgan fingerprint density at radius 2 is 1.89 bits per heavy atom. The molecule has 4 aliphatic rings. The first-order valence-electron chi connectivity index (χ1n) is 11.6. The number of fused-ring (bicyclic) bond motifs is 5. The first-order chi connectivity index (χ1) is 13.4. The fraction of sp³-hybridized carbons (Fsp3) is 0.833. The number of carbonyl (C=O) groups excluding carboxylic acids is 1. The van der Waals surface area contributed by atoms with Crippen LogP contribution in [0.25, 0.3) is 0 Å². The highest BCUT2D eigenvalue weighted by Gasteiger charge is 2.58. The Bertz CT molecular complexity index is 727. The SMILES string of the molecule is C[C@]1(O)CC[C@H]2[C@H](CC[C@@H]3[C@@H]2CC[C@]2(C)[C@@H](C(=O)Cn4ccnc4)CC[C@@H]32)C1. The summed E-state index contributed by atoms with van der Waals surface area (Å²) in [6, 6.07) is 0. The number of imidazole rings is 1. The molecule has 0 bridgehead atoms. The van der Waals surface area contributed by atoms with Gasteiger partial charge < -0.3 is 9.67 Å². The van der Waals surface area contributed by atoms with Gasteiger partial charge in [-0.15, -0.1) is 0 Å². The van der Waals surface area contributed by atoms with Crippen molar-refractivity contribution in [3.8, 4) is 0 Å². The van der Waals surface area contributed by atoms with Crippen molar-refractivity contribution < 1.29 is 9.90 Å². The van der Waals surface area contributed by atoms with Gasteiger partial charge in [-0.05, 0) is 99.7 Å². The largest absolute Gasteiger partial charge is 0.390 e. The Balaban J connectivity index is 1.32. The highest BCUT2D eigenvalue weighted by Crippen LogP contribution is 2.64. The van der Waals surface area contributed by atoms with Crippen LogP contribution < -0.4 is 0 Å². The molecule has 1 aromatic rings. The van der Waals surface area contributed by atoms with Gasteiger partial charge in [0.2, 0.25) is 0 Å². The lowest BCUT2D eigenvalue weighted by atomic mass is 9.49. The Morgan fingerprint density at radius 1 is 1.07 bits per heavy atom. The van der Waals surface area contributed by atoms with Crippen molar-refractivity contribution >= 4 is 5.78 Å². The molecule has 4 fully saturated rings. The normalized spacial score (nSPS) is 47.8. The van der Waals surface area contributed by atoms with Crippen LogP contribution in [0.15, 0.2) is 18.7 Å². The molecule has 28 heavy (non-hydrogen) atoms. The summed E-state index contributed by atoms with van der Waals surface area (Å²) in [5.41, 5.74) is -0.235. The van der Waals surface area contributed by atoms with Gasteiger partial charge in [0.15, 0.2) is 5.78 Å². The summed E-state index contributed by atoms with van der Waals surface area (Å²) < 4.78 is 1.93. The number of nitrogens with zero attached hydrogens (tertiary/aromatic N) is 2. The molecule has 154 valence electrons. The first-order valence-corrected chi connectivity index (χ1v) is 11.6. The van der Waals surface area contributed by atoms with E-state index in [0.717, 1.165) is 48.9 Å². The van der Waals surface area contributed by atoms with Crippen molar-refractivity contribution in [1.29, 1.82) is 0 Å². The van der Waals surface area contributed by atoms with E-state index in [9.17, 15) is 9.90 Å². The molecule has 1 heterocycles. The number of rotatable bonds is 3. The van der Waals surface area contributed by atoms with Gasteiger partial charge in [0.25, 0.3) is 0 Å². The monoisotopic (exact) mass is 384 g/mol. The molecule has 8 atom stereocenters. The molecule has 4 aliphatic carbocycles. The zero-order valence-electron chi connectivity index (χ0n) is 17.5. The van der Waals surface area contributed by atoms with Gasteiger partial charge in [-0.25, -0.2) is 4.98 Å². The molecule has 1 aromatic heterocycles. The second kappa shape index (κ2) is 6.68. The Kier molecular flexibility index (Phi) is 4.50. The van der Waals surface area contributed by atoms with Crippen molar-refractivity contribution in [1.82, 2.24) is 9.55 Å². The molecule has 0 radical (unpaired) electrons. The molecular formula is C24H36N2O2. The third kappa shape index (κ3) is 2.98. The van der Waals surface area contributed by atoms with Crippen molar-refractivity contribution in [2.75, 3.05) is 0 Å². The minimum Gasteiger partial charge on any atom is -0.390 e. The maximum absolute atomic E-state index is 13.2. The number of hydrogen-bond donors (Lipinski definition) is 1. The lowest BCUT2D eigenvalue weighted by Crippen LogP contribution is -2.51. The number of Topliss-reactive ketones (excluding diaryl/α,β-unsaturated/α-hetero) is 1. The summed E-state index contributed by atoms with van der Waals surface area (Å²) in [6.07, 6.45) is 16.1. The Labute approximate surface area is 169 Å². The lowest BCUT2D eigenvalue weighted by molar-refractivity contribution is -0.132. The van der Waals surface area contributed by atoms with E-state index < -0.39 is 5.60 Å². The maximum atomic E-state index is 13.2.